The fourth-order valence-electron chi connectivity index (χ4n) is 3.54. The van der Waals surface area contributed by atoms with E-state index in [2.05, 4.69) is 34.4 Å². The lowest BCUT2D eigenvalue weighted by atomic mass is 10.2. The van der Waals surface area contributed by atoms with Gasteiger partial charge in [0.15, 0.2) is 0 Å². The molecular formula is C21H27N3O. The second kappa shape index (κ2) is 7.18. The van der Waals surface area contributed by atoms with Crippen LogP contribution in [0.25, 0.3) is 6.08 Å². The molecule has 2 aromatic rings. The van der Waals surface area contributed by atoms with Crippen LogP contribution in [0.15, 0.2) is 46.9 Å². The van der Waals surface area contributed by atoms with Crippen molar-refractivity contribution in [3.05, 3.63) is 64.6 Å². The molecule has 0 N–H and O–H groups in total. The third kappa shape index (κ3) is 3.09. The van der Waals surface area contributed by atoms with Crippen molar-refractivity contribution in [2.45, 2.75) is 33.1 Å². The summed E-state index contributed by atoms with van der Waals surface area (Å²) < 4.78 is 9.90. The highest BCUT2D eigenvalue weighted by atomic mass is 16.5. The summed E-state index contributed by atoms with van der Waals surface area (Å²) in [6, 6.07) is 6.39. The minimum atomic E-state index is 0.822. The Hall–Kier alpha value is -2.49. The van der Waals surface area contributed by atoms with Gasteiger partial charge in [-0.15, -0.1) is 0 Å². The fraction of sp³-hybridized carbons (Fsp3) is 0.381. The standard InChI is InChI=1S/C19H21N3O.C2H6/c1-21-9-5-8-18(21)15-12-19(23-3)16(20-15)11-14-10-13-6-4-7-17(13)22(14)2;1-2/h5,8-12H,4,6-7H2,1-3H3;1-2H3/b16-11+;. The maximum Gasteiger partial charge on any atom is 0.146 e. The van der Waals surface area contributed by atoms with Crippen molar-refractivity contribution in [2.24, 2.45) is 19.1 Å². The third-order valence-electron chi connectivity index (χ3n) is 4.82. The molecule has 1 aliphatic carbocycles. The molecule has 0 radical (unpaired) electrons. The molecule has 4 rings (SSSR count). The normalized spacial score (nSPS) is 17.1. The average molecular weight is 337 g/mol. The van der Waals surface area contributed by atoms with Crippen LogP contribution in [0.5, 0.6) is 0 Å². The molecule has 4 heteroatoms. The SMILES string of the molecule is CC.COC1=CC(c2cccn2C)=N/C1=C/c1cc2c(n1C)CCC2. The van der Waals surface area contributed by atoms with Gasteiger partial charge in [0, 0.05) is 37.8 Å². The Kier molecular flexibility index (Phi) is 4.98. The van der Waals surface area contributed by atoms with Crippen LogP contribution in [0.4, 0.5) is 0 Å². The molecule has 0 atom stereocenters. The van der Waals surface area contributed by atoms with E-state index in [1.807, 2.05) is 39.2 Å². The van der Waals surface area contributed by atoms with E-state index in [4.69, 9.17) is 9.73 Å². The Morgan fingerprint density at radius 2 is 2.00 bits per heavy atom. The zero-order valence-corrected chi connectivity index (χ0v) is 15.8. The summed E-state index contributed by atoms with van der Waals surface area (Å²) in [5, 5.41) is 0. The lowest BCUT2D eigenvalue weighted by Gasteiger charge is -2.05. The minimum Gasteiger partial charge on any atom is -0.494 e. The summed E-state index contributed by atoms with van der Waals surface area (Å²) in [4.78, 5) is 4.79. The monoisotopic (exact) mass is 337 g/mol. The van der Waals surface area contributed by atoms with Crippen molar-refractivity contribution in [2.75, 3.05) is 7.11 Å². The van der Waals surface area contributed by atoms with Crippen LogP contribution in [0, 0.1) is 0 Å². The first-order valence-electron chi connectivity index (χ1n) is 9.03. The number of allylic oxidation sites excluding steroid dienone is 1. The maximum absolute atomic E-state index is 5.54. The zero-order valence-electron chi connectivity index (χ0n) is 15.8. The highest BCUT2D eigenvalue weighted by Gasteiger charge is 2.20. The molecule has 0 aromatic carbocycles. The third-order valence-corrected chi connectivity index (χ3v) is 4.82. The molecule has 25 heavy (non-hydrogen) atoms. The molecule has 0 unspecified atom stereocenters. The summed E-state index contributed by atoms with van der Waals surface area (Å²) in [5.41, 5.74) is 7.07. The number of ether oxygens (including phenoxy) is 1. The van der Waals surface area contributed by atoms with Crippen LogP contribution in [0.3, 0.4) is 0 Å². The van der Waals surface area contributed by atoms with Gasteiger partial charge in [-0.3, -0.25) is 0 Å². The van der Waals surface area contributed by atoms with E-state index in [0.717, 1.165) is 22.9 Å². The molecule has 132 valence electrons. The lowest BCUT2D eigenvalue weighted by Crippen LogP contribution is -2.01. The van der Waals surface area contributed by atoms with E-state index in [0.29, 0.717) is 0 Å². The van der Waals surface area contributed by atoms with Crippen molar-refractivity contribution < 1.29 is 4.74 Å². The first kappa shape index (κ1) is 17.3. The van der Waals surface area contributed by atoms with E-state index < -0.39 is 0 Å². The molecule has 4 nitrogen and oxygen atoms in total. The van der Waals surface area contributed by atoms with Gasteiger partial charge in [0.05, 0.1) is 18.5 Å². The lowest BCUT2D eigenvalue weighted by molar-refractivity contribution is 0.303. The molecule has 0 spiro atoms. The molecule has 0 saturated heterocycles. The van der Waals surface area contributed by atoms with Crippen LogP contribution >= 0.6 is 0 Å². The van der Waals surface area contributed by atoms with Crippen LogP contribution in [0.1, 0.15) is 42.9 Å². The highest BCUT2D eigenvalue weighted by molar-refractivity contribution is 6.11. The molecule has 3 heterocycles. The van der Waals surface area contributed by atoms with Gasteiger partial charge in [-0.05, 0) is 49.1 Å². The highest BCUT2D eigenvalue weighted by Crippen LogP contribution is 2.29. The summed E-state index contributed by atoms with van der Waals surface area (Å²) in [6.45, 7) is 4.00. The minimum absolute atomic E-state index is 0.822. The number of methoxy groups -OCH3 is 1. The number of fused-ring (bicyclic) bond motifs is 1. The zero-order chi connectivity index (χ0) is 18.0. The molecule has 0 bridgehead atoms. The topological polar surface area (TPSA) is 31.4 Å². The fourth-order valence-corrected chi connectivity index (χ4v) is 3.54. The number of aryl methyl sites for hydroxylation is 2. The predicted molar refractivity (Wildman–Crippen MR) is 104 cm³/mol. The van der Waals surface area contributed by atoms with Gasteiger partial charge in [-0.25, -0.2) is 4.99 Å². The Morgan fingerprint density at radius 3 is 2.64 bits per heavy atom. The summed E-state index contributed by atoms with van der Waals surface area (Å²) in [5.74, 6) is 0.822. The number of hydrogen-bond donors (Lipinski definition) is 0. The summed E-state index contributed by atoms with van der Waals surface area (Å²) in [6.07, 6.45) is 9.81. The Morgan fingerprint density at radius 1 is 1.20 bits per heavy atom. The van der Waals surface area contributed by atoms with Gasteiger partial charge < -0.3 is 13.9 Å². The summed E-state index contributed by atoms with van der Waals surface area (Å²) >= 11 is 0. The van der Waals surface area contributed by atoms with Gasteiger partial charge in [0.25, 0.3) is 0 Å². The molecule has 0 amide bonds. The van der Waals surface area contributed by atoms with Crippen LogP contribution in [-0.4, -0.2) is 22.0 Å². The molecule has 2 aromatic heterocycles. The van der Waals surface area contributed by atoms with Crippen molar-refractivity contribution in [1.82, 2.24) is 9.13 Å². The Balaban J connectivity index is 0.000000880. The van der Waals surface area contributed by atoms with Gasteiger partial charge >= 0.3 is 0 Å². The van der Waals surface area contributed by atoms with Crippen molar-refractivity contribution >= 4 is 11.8 Å². The van der Waals surface area contributed by atoms with Crippen molar-refractivity contribution in [3.63, 3.8) is 0 Å². The van der Waals surface area contributed by atoms with Crippen LogP contribution in [0.2, 0.25) is 0 Å². The van der Waals surface area contributed by atoms with E-state index >= 15 is 0 Å². The van der Waals surface area contributed by atoms with Gasteiger partial charge in [-0.1, -0.05) is 13.8 Å². The van der Waals surface area contributed by atoms with E-state index in [9.17, 15) is 0 Å². The van der Waals surface area contributed by atoms with E-state index in [1.54, 1.807) is 7.11 Å². The smallest absolute Gasteiger partial charge is 0.146 e. The van der Waals surface area contributed by atoms with Gasteiger partial charge in [0.1, 0.15) is 11.5 Å². The molecule has 0 saturated carbocycles. The first-order valence-corrected chi connectivity index (χ1v) is 9.03. The van der Waals surface area contributed by atoms with Gasteiger partial charge in [0.2, 0.25) is 0 Å². The van der Waals surface area contributed by atoms with Crippen LogP contribution in [-0.2, 0) is 31.7 Å². The quantitative estimate of drug-likeness (QED) is 0.824. The first-order chi connectivity index (χ1) is 12.2. The number of aliphatic imine (C=N–C) groups is 1. The second-order valence-electron chi connectivity index (χ2n) is 6.20. The van der Waals surface area contributed by atoms with Gasteiger partial charge in [-0.2, -0.15) is 0 Å². The average Bonchev–Trinajstić information content (AvgIpc) is 3.37. The van der Waals surface area contributed by atoms with Crippen molar-refractivity contribution in [1.29, 1.82) is 0 Å². The number of nitrogens with zero attached hydrogens (tertiary/aromatic N) is 3. The van der Waals surface area contributed by atoms with E-state index in [-0.39, 0.29) is 0 Å². The van der Waals surface area contributed by atoms with Crippen LogP contribution < -0.4 is 0 Å². The molecule has 2 aliphatic rings. The Labute approximate surface area is 150 Å². The predicted octanol–water partition coefficient (Wildman–Crippen LogP) is 4.25. The molecule has 0 fully saturated rings. The Bertz CT molecular complexity index is 862. The summed E-state index contributed by atoms with van der Waals surface area (Å²) in [7, 11) is 5.87. The number of rotatable bonds is 3. The largest absolute Gasteiger partial charge is 0.494 e. The second-order valence-corrected chi connectivity index (χ2v) is 6.20. The number of aromatic nitrogens is 2. The van der Waals surface area contributed by atoms with Crippen molar-refractivity contribution in [3.8, 4) is 0 Å². The van der Waals surface area contributed by atoms with E-state index in [1.165, 1.54) is 36.2 Å². The number of hydrogen-bond acceptors (Lipinski definition) is 2. The maximum atomic E-state index is 5.54. The molecular weight excluding hydrogens is 310 g/mol. The molecule has 1 aliphatic heterocycles.